The van der Waals surface area contributed by atoms with Gasteiger partial charge in [0, 0.05) is 50.9 Å². The van der Waals surface area contributed by atoms with E-state index in [0.717, 1.165) is 13.1 Å². The molecule has 6 atom stereocenters. The molecule has 0 spiro atoms. The van der Waals surface area contributed by atoms with Gasteiger partial charge < -0.3 is 39.1 Å². The van der Waals surface area contributed by atoms with Crippen molar-refractivity contribution in [2.45, 2.75) is 64.4 Å². The summed E-state index contributed by atoms with van der Waals surface area (Å²) in [5, 5.41) is 20.1. The van der Waals surface area contributed by atoms with Gasteiger partial charge in [0.15, 0.2) is 0 Å². The molecule has 0 unspecified atom stereocenters. The minimum atomic E-state index is -0.885. The van der Waals surface area contributed by atoms with E-state index in [1.807, 2.05) is 50.9 Å². The predicted molar refractivity (Wildman–Crippen MR) is 166 cm³/mol. The zero-order valence-electron chi connectivity index (χ0n) is 26.4. The van der Waals surface area contributed by atoms with Crippen molar-refractivity contribution in [1.29, 1.82) is 0 Å². The van der Waals surface area contributed by atoms with Crippen molar-refractivity contribution in [2.24, 2.45) is 11.8 Å². The fourth-order valence-corrected chi connectivity index (χ4v) is 5.90. The largest absolute Gasteiger partial charge is 0.457 e. The number of amides is 1. The lowest BCUT2D eigenvalue weighted by Crippen LogP contribution is -2.48. The summed E-state index contributed by atoms with van der Waals surface area (Å²) < 4.78 is 32.2. The Morgan fingerprint density at radius 1 is 1.11 bits per heavy atom. The average Bonchev–Trinajstić information content (AvgIpc) is 3.00. The molecule has 11 heteroatoms. The fraction of sp³-hybridized carbons (Fsp3) is 0.636. The molecule has 10 nitrogen and oxygen atoms in total. The van der Waals surface area contributed by atoms with Crippen LogP contribution in [0.4, 0.5) is 14.9 Å². The normalized spacial score (nSPS) is 30.6. The lowest BCUT2D eigenvalue weighted by atomic mass is 9.91. The van der Waals surface area contributed by atoms with Gasteiger partial charge in [0.25, 0.3) is 0 Å². The number of cyclic esters (lactones) is 1. The van der Waals surface area contributed by atoms with Crippen molar-refractivity contribution in [3.63, 3.8) is 0 Å². The smallest absolute Gasteiger partial charge is 0.410 e. The Bertz CT molecular complexity index is 1190. The summed E-state index contributed by atoms with van der Waals surface area (Å²) in [5.74, 6) is -1.29. The van der Waals surface area contributed by atoms with Crippen molar-refractivity contribution in [2.75, 3.05) is 64.4 Å². The summed E-state index contributed by atoms with van der Waals surface area (Å²) in [6.07, 6.45) is 3.58. The molecular weight excluding hydrogens is 569 g/mol. The fourth-order valence-electron chi connectivity index (χ4n) is 5.90. The minimum Gasteiger partial charge on any atom is -0.457 e. The van der Waals surface area contributed by atoms with Crippen LogP contribution < -0.4 is 4.90 Å². The van der Waals surface area contributed by atoms with Gasteiger partial charge in [-0.2, -0.15) is 0 Å². The second-order valence-electron chi connectivity index (χ2n) is 12.5. The van der Waals surface area contributed by atoms with Crippen LogP contribution in [0.2, 0.25) is 0 Å². The SMILES string of the molecule is C/C(=C\c1cc(F)cc(N2CCO[C@H](CO)C2)c1)[C@H]1OC(=O)C[C@H](O)CC[C@H](C)[C@@H](OC(=O)N2CCN(C)CC2)/C=C\[C@@H]1C. The number of morpholine rings is 1. The molecule has 0 saturated carbocycles. The third-order valence-corrected chi connectivity index (χ3v) is 8.71. The van der Waals surface area contributed by atoms with Gasteiger partial charge in [-0.15, -0.1) is 0 Å². The van der Waals surface area contributed by atoms with Gasteiger partial charge in [-0.25, -0.2) is 9.18 Å². The Kier molecular flexibility index (Phi) is 12.2. The first-order chi connectivity index (χ1) is 21.0. The maximum Gasteiger partial charge on any atom is 0.410 e. The highest BCUT2D eigenvalue weighted by atomic mass is 19.1. The second-order valence-corrected chi connectivity index (χ2v) is 12.5. The number of piperazine rings is 1. The van der Waals surface area contributed by atoms with Crippen LogP contribution in [0, 0.1) is 17.7 Å². The van der Waals surface area contributed by atoms with E-state index < -0.39 is 30.1 Å². The van der Waals surface area contributed by atoms with Gasteiger partial charge in [0.05, 0.1) is 31.8 Å². The Labute approximate surface area is 260 Å². The molecule has 3 aliphatic rings. The number of aliphatic hydroxyl groups is 2. The monoisotopic (exact) mass is 617 g/mol. The molecule has 1 aromatic rings. The molecule has 1 amide bonds. The number of aliphatic hydroxyl groups excluding tert-OH is 2. The average molecular weight is 618 g/mol. The molecular formula is C33H48FN3O7. The summed E-state index contributed by atoms with van der Waals surface area (Å²) >= 11 is 0. The first-order valence-electron chi connectivity index (χ1n) is 15.7. The molecule has 4 rings (SSSR count). The number of benzene rings is 1. The summed E-state index contributed by atoms with van der Waals surface area (Å²) in [6, 6.07) is 4.75. The quantitative estimate of drug-likeness (QED) is 0.379. The Hall–Kier alpha value is -2.99. The number of anilines is 1. The Morgan fingerprint density at radius 2 is 1.86 bits per heavy atom. The third kappa shape index (κ3) is 9.50. The Morgan fingerprint density at radius 3 is 2.59 bits per heavy atom. The van der Waals surface area contributed by atoms with Crippen molar-refractivity contribution in [3.05, 3.63) is 47.3 Å². The van der Waals surface area contributed by atoms with Gasteiger partial charge in [0.2, 0.25) is 0 Å². The van der Waals surface area contributed by atoms with E-state index in [4.69, 9.17) is 14.2 Å². The summed E-state index contributed by atoms with van der Waals surface area (Å²) in [7, 11) is 2.03. The standard InChI is InChI=1S/C33H48FN3O7/c1-22-5-7-28(39)19-31(40)44-32(23(2)6-8-30(22)43-33(41)36-11-9-35(4)10-12-36)24(3)15-25-16-26(34)18-27(17-25)37-13-14-42-29(20-37)21-38/h6,8,15-18,22-23,28-30,32,38-39H,5,7,9-14,19-21H2,1-4H3/b8-6-,24-15+/t22-,23-,28+,29-,30-,32-/m0/s1. The predicted octanol–water partition coefficient (Wildman–Crippen LogP) is 3.46. The van der Waals surface area contributed by atoms with Gasteiger partial charge in [-0.1, -0.05) is 26.0 Å². The highest BCUT2D eigenvalue weighted by Crippen LogP contribution is 2.28. The first-order valence-corrected chi connectivity index (χ1v) is 15.7. The topological polar surface area (TPSA) is 112 Å². The number of hydrogen-bond acceptors (Lipinski definition) is 9. The van der Waals surface area contributed by atoms with Crippen LogP contribution in [0.25, 0.3) is 6.08 Å². The molecule has 2 fully saturated rings. The molecule has 44 heavy (non-hydrogen) atoms. The van der Waals surface area contributed by atoms with Crippen molar-refractivity contribution in [3.8, 4) is 0 Å². The second kappa shape index (κ2) is 15.8. The molecule has 244 valence electrons. The maximum absolute atomic E-state index is 14.8. The van der Waals surface area contributed by atoms with E-state index in [1.165, 1.54) is 12.1 Å². The van der Waals surface area contributed by atoms with Crippen LogP contribution in [0.15, 0.2) is 35.9 Å². The molecule has 0 bridgehead atoms. The number of rotatable bonds is 5. The van der Waals surface area contributed by atoms with Gasteiger partial charge in [-0.3, -0.25) is 4.79 Å². The van der Waals surface area contributed by atoms with Crippen LogP contribution in [-0.2, 0) is 19.0 Å². The van der Waals surface area contributed by atoms with Crippen LogP contribution in [0.5, 0.6) is 0 Å². The van der Waals surface area contributed by atoms with Crippen molar-refractivity contribution < 1.29 is 38.4 Å². The molecule has 2 N–H and O–H groups in total. The Balaban J connectivity index is 1.56. The molecule has 3 aliphatic heterocycles. The summed E-state index contributed by atoms with van der Waals surface area (Å²) in [4.78, 5) is 31.8. The number of likely N-dealkylation sites (N-methyl/N-ethyl adjacent to an activating group) is 1. The number of carbonyl (C=O) groups excluding carboxylic acids is 2. The maximum atomic E-state index is 14.8. The number of ether oxygens (including phenoxy) is 3. The van der Waals surface area contributed by atoms with Crippen molar-refractivity contribution >= 4 is 23.8 Å². The van der Waals surface area contributed by atoms with Crippen LogP contribution >= 0.6 is 0 Å². The highest BCUT2D eigenvalue weighted by molar-refractivity contribution is 5.71. The number of esters is 1. The van der Waals surface area contributed by atoms with E-state index in [0.29, 0.717) is 62.5 Å². The molecule has 3 heterocycles. The number of hydrogen-bond donors (Lipinski definition) is 2. The van der Waals surface area contributed by atoms with Crippen molar-refractivity contribution in [1.82, 2.24) is 9.80 Å². The van der Waals surface area contributed by atoms with E-state index in [2.05, 4.69) is 4.90 Å². The van der Waals surface area contributed by atoms with E-state index in [1.54, 1.807) is 11.0 Å². The zero-order valence-corrected chi connectivity index (χ0v) is 26.4. The van der Waals surface area contributed by atoms with Gasteiger partial charge >= 0.3 is 12.1 Å². The number of nitrogens with zero attached hydrogens (tertiary/aromatic N) is 3. The van der Waals surface area contributed by atoms with Crippen LogP contribution in [0.1, 0.15) is 45.6 Å². The summed E-state index contributed by atoms with van der Waals surface area (Å²) in [5.41, 5.74) is 1.99. The van der Waals surface area contributed by atoms with Crippen LogP contribution in [-0.4, -0.2) is 116 Å². The van der Waals surface area contributed by atoms with E-state index >= 15 is 0 Å². The number of carbonyl (C=O) groups is 2. The molecule has 0 aliphatic carbocycles. The third-order valence-electron chi connectivity index (χ3n) is 8.71. The molecule has 0 aromatic heterocycles. The lowest BCUT2D eigenvalue weighted by molar-refractivity contribution is -0.151. The lowest BCUT2D eigenvalue weighted by Gasteiger charge is -2.34. The highest BCUT2D eigenvalue weighted by Gasteiger charge is 2.29. The first kappa shape index (κ1) is 33.9. The minimum absolute atomic E-state index is 0.0774. The van der Waals surface area contributed by atoms with Gasteiger partial charge in [-0.05, 0) is 68.1 Å². The van der Waals surface area contributed by atoms with Crippen LogP contribution in [0.3, 0.4) is 0 Å². The van der Waals surface area contributed by atoms with E-state index in [9.17, 15) is 24.2 Å². The molecule has 2 saturated heterocycles. The van der Waals surface area contributed by atoms with Gasteiger partial charge in [0.1, 0.15) is 18.0 Å². The molecule has 1 aromatic carbocycles. The van der Waals surface area contributed by atoms with E-state index in [-0.39, 0.29) is 37.1 Å². The molecule has 0 radical (unpaired) electrons. The number of halogens is 1. The zero-order chi connectivity index (χ0) is 31.8. The summed E-state index contributed by atoms with van der Waals surface area (Å²) in [6.45, 7) is 9.86.